The minimum absolute atomic E-state index is 0.0920. The number of carbonyl (C=O) groups is 2. The van der Waals surface area contributed by atoms with Crippen LogP contribution in [0.4, 0.5) is 0 Å². The van der Waals surface area contributed by atoms with Gasteiger partial charge in [-0.3, -0.25) is 4.79 Å². The van der Waals surface area contributed by atoms with Gasteiger partial charge >= 0.3 is 5.97 Å². The Bertz CT molecular complexity index is 1260. The van der Waals surface area contributed by atoms with Gasteiger partial charge in [-0.15, -0.1) is 11.3 Å². The molecule has 4 aromatic rings. The second-order valence-corrected chi connectivity index (χ2v) is 7.36. The Labute approximate surface area is 176 Å². The van der Waals surface area contributed by atoms with Crippen LogP contribution < -0.4 is 9.47 Å². The molecule has 0 saturated heterocycles. The summed E-state index contributed by atoms with van der Waals surface area (Å²) in [6, 6.07) is 20.4. The fourth-order valence-electron chi connectivity index (χ4n) is 2.91. The van der Waals surface area contributed by atoms with Crippen molar-refractivity contribution >= 4 is 33.2 Å². The number of hydrogen-bond acceptors (Lipinski definition) is 6. The molecule has 0 aliphatic heterocycles. The average Bonchev–Trinajstić information content (AvgIpc) is 3.12. The average molecular weight is 416 g/mol. The molecule has 0 fully saturated rings. The number of fused-ring (bicyclic) bond motifs is 1. The first-order valence-electron chi connectivity index (χ1n) is 9.03. The van der Waals surface area contributed by atoms with Gasteiger partial charge in [-0.25, -0.2) is 4.79 Å². The van der Waals surface area contributed by atoms with Crippen molar-refractivity contribution in [3.05, 3.63) is 95.9 Å². The Morgan fingerprint density at radius 3 is 2.37 bits per heavy atom. The van der Waals surface area contributed by atoms with Gasteiger partial charge in [0.05, 0.1) is 0 Å². The van der Waals surface area contributed by atoms with E-state index < -0.39 is 5.97 Å². The number of benzene rings is 3. The van der Waals surface area contributed by atoms with Gasteiger partial charge in [-0.1, -0.05) is 49.0 Å². The lowest BCUT2D eigenvalue weighted by Gasteiger charge is -2.11. The number of ketones is 1. The maximum Gasteiger partial charge on any atom is 0.335 e. The van der Waals surface area contributed by atoms with Gasteiger partial charge in [-0.05, 0) is 30.3 Å². The molecule has 0 amide bonds. The summed E-state index contributed by atoms with van der Waals surface area (Å²) in [7, 11) is 0. The molecule has 30 heavy (non-hydrogen) atoms. The number of ether oxygens (including phenoxy) is 2. The summed E-state index contributed by atoms with van der Waals surface area (Å²) in [6.07, 6.45) is 1.06. The molecule has 0 atom stereocenters. The van der Waals surface area contributed by atoms with E-state index in [1.54, 1.807) is 60.7 Å². The topological polar surface area (TPSA) is 72.8 Å². The molecule has 0 bridgehead atoms. The van der Waals surface area contributed by atoms with E-state index in [2.05, 4.69) is 6.58 Å². The van der Waals surface area contributed by atoms with Crippen LogP contribution in [0.5, 0.6) is 23.0 Å². The third kappa shape index (κ3) is 3.81. The first kappa shape index (κ1) is 19.4. The van der Waals surface area contributed by atoms with Crippen molar-refractivity contribution in [2.45, 2.75) is 0 Å². The number of para-hydroxylation sites is 2. The second kappa shape index (κ2) is 8.23. The van der Waals surface area contributed by atoms with Gasteiger partial charge in [0, 0.05) is 21.7 Å². The lowest BCUT2D eigenvalue weighted by molar-refractivity contribution is -0.129. The van der Waals surface area contributed by atoms with Gasteiger partial charge in [0.1, 0.15) is 10.6 Å². The molecular weight excluding hydrogens is 400 g/mol. The third-order valence-corrected chi connectivity index (χ3v) is 5.44. The molecule has 1 heterocycles. The van der Waals surface area contributed by atoms with E-state index >= 15 is 0 Å². The van der Waals surface area contributed by atoms with Crippen LogP contribution in [-0.2, 0) is 4.79 Å². The van der Waals surface area contributed by atoms with E-state index in [1.165, 1.54) is 17.4 Å². The number of hydrogen-bond donors (Lipinski definition) is 1. The summed E-state index contributed by atoms with van der Waals surface area (Å²) in [6.45, 7) is 3.40. The van der Waals surface area contributed by atoms with E-state index in [4.69, 9.17) is 9.47 Å². The fourth-order valence-corrected chi connectivity index (χ4v) is 4.04. The van der Waals surface area contributed by atoms with Crippen molar-refractivity contribution in [2.75, 3.05) is 0 Å². The number of phenolic OH excluding ortho intramolecular Hbond substituents is 1. The minimum Gasteiger partial charge on any atom is -0.508 e. The highest BCUT2D eigenvalue weighted by Gasteiger charge is 2.23. The highest BCUT2D eigenvalue weighted by Crippen LogP contribution is 2.44. The highest BCUT2D eigenvalue weighted by molar-refractivity contribution is 7.21. The zero-order chi connectivity index (χ0) is 21.1. The Morgan fingerprint density at radius 1 is 0.933 bits per heavy atom. The molecule has 6 heteroatoms. The largest absolute Gasteiger partial charge is 0.508 e. The molecule has 5 nitrogen and oxygen atoms in total. The van der Waals surface area contributed by atoms with Crippen LogP contribution >= 0.6 is 11.3 Å². The molecule has 0 radical (unpaired) electrons. The van der Waals surface area contributed by atoms with Crippen LogP contribution in [-0.4, -0.2) is 16.9 Å². The molecule has 0 aliphatic rings. The summed E-state index contributed by atoms with van der Waals surface area (Å²) in [4.78, 5) is 25.2. The first-order valence-corrected chi connectivity index (χ1v) is 9.85. The maximum atomic E-state index is 13.2. The number of carbonyl (C=O) groups excluding carboxylic acids is 2. The SMILES string of the molecule is C=CC(=O)Oc1ccccc1Oc1c(C(=O)c2ccccc2)sc2cc(O)ccc12. The summed E-state index contributed by atoms with van der Waals surface area (Å²) in [5.41, 5.74) is 0.518. The predicted molar refractivity (Wildman–Crippen MR) is 116 cm³/mol. The lowest BCUT2D eigenvalue weighted by atomic mass is 10.1. The maximum absolute atomic E-state index is 13.2. The van der Waals surface area contributed by atoms with E-state index in [0.717, 1.165) is 6.08 Å². The molecule has 0 spiro atoms. The van der Waals surface area contributed by atoms with Crippen LogP contribution in [0.1, 0.15) is 15.2 Å². The molecule has 148 valence electrons. The van der Waals surface area contributed by atoms with Crippen LogP contribution in [0.25, 0.3) is 10.1 Å². The summed E-state index contributed by atoms with van der Waals surface area (Å²) >= 11 is 1.23. The van der Waals surface area contributed by atoms with Crippen LogP contribution in [0, 0.1) is 0 Å². The van der Waals surface area contributed by atoms with E-state index in [0.29, 0.717) is 26.3 Å². The Hall–Kier alpha value is -3.90. The number of aromatic hydroxyl groups is 1. The summed E-state index contributed by atoms with van der Waals surface area (Å²) < 4.78 is 12.1. The van der Waals surface area contributed by atoms with Crippen molar-refractivity contribution in [1.29, 1.82) is 0 Å². The van der Waals surface area contributed by atoms with Gasteiger partial charge < -0.3 is 14.6 Å². The zero-order valence-corrected chi connectivity index (χ0v) is 16.5. The number of phenols is 1. The second-order valence-electron chi connectivity index (χ2n) is 6.31. The van der Waals surface area contributed by atoms with Gasteiger partial charge in [0.15, 0.2) is 17.2 Å². The van der Waals surface area contributed by atoms with Crippen LogP contribution in [0.2, 0.25) is 0 Å². The van der Waals surface area contributed by atoms with Crippen molar-refractivity contribution < 1.29 is 24.2 Å². The standard InChI is InChI=1S/C24H16O5S/c1-2-21(26)28-18-10-6-7-11-19(18)29-23-17-13-12-16(25)14-20(17)30-24(23)22(27)15-8-4-3-5-9-15/h2-14,25H,1H2. The normalized spacial score (nSPS) is 10.5. The first-order chi connectivity index (χ1) is 14.6. The minimum atomic E-state index is -0.619. The van der Waals surface area contributed by atoms with Crippen molar-refractivity contribution in [3.8, 4) is 23.0 Å². The molecule has 0 aliphatic carbocycles. The quantitative estimate of drug-likeness (QED) is 0.188. The number of esters is 1. The van der Waals surface area contributed by atoms with Gasteiger partial charge in [0.25, 0.3) is 0 Å². The smallest absolute Gasteiger partial charge is 0.335 e. The molecule has 1 N–H and O–H groups in total. The van der Waals surface area contributed by atoms with Crippen LogP contribution in [0.15, 0.2) is 85.5 Å². The summed E-state index contributed by atoms with van der Waals surface area (Å²) in [5.74, 6) is 0.0973. The van der Waals surface area contributed by atoms with Crippen molar-refractivity contribution in [2.24, 2.45) is 0 Å². The van der Waals surface area contributed by atoms with E-state index in [-0.39, 0.29) is 23.0 Å². The van der Waals surface area contributed by atoms with Crippen LogP contribution in [0.3, 0.4) is 0 Å². The number of rotatable bonds is 6. The van der Waals surface area contributed by atoms with E-state index in [9.17, 15) is 14.7 Å². The predicted octanol–water partition coefficient (Wildman–Crippen LogP) is 5.72. The van der Waals surface area contributed by atoms with Crippen molar-refractivity contribution in [3.63, 3.8) is 0 Å². The lowest BCUT2D eigenvalue weighted by Crippen LogP contribution is -2.05. The molecular formula is C24H16O5S. The Balaban J connectivity index is 1.83. The zero-order valence-electron chi connectivity index (χ0n) is 15.7. The summed E-state index contributed by atoms with van der Waals surface area (Å²) in [5, 5.41) is 10.5. The molecule has 4 rings (SSSR count). The Kier molecular flexibility index (Phi) is 5.32. The van der Waals surface area contributed by atoms with Gasteiger partial charge in [-0.2, -0.15) is 0 Å². The molecule has 3 aromatic carbocycles. The monoisotopic (exact) mass is 416 g/mol. The molecule has 0 unspecified atom stereocenters. The highest BCUT2D eigenvalue weighted by atomic mass is 32.1. The van der Waals surface area contributed by atoms with Gasteiger partial charge in [0.2, 0.25) is 5.78 Å². The van der Waals surface area contributed by atoms with E-state index in [1.807, 2.05) is 6.07 Å². The third-order valence-electron chi connectivity index (χ3n) is 4.31. The van der Waals surface area contributed by atoms with Crippen molar-refractivity contribution in [1.82, 2.24) is 0 Å². The Morgan fingerprint density at radius 2 is 1.63 bits per heavy atom. The number of thiophene rings is 1. The fraction of sp³-hybridized carbons (Fsp3) is 0. The molecule has 0 saturated carbocycles. The molecule has 1 aromatic heterocycles.